The summed E-state index contributed by atoms with van der Waals surface area (Å²) in [5, 5.41) is 31.5. The molecule has 0 saturated heterocycles. The third kappa shape index (κ3) is 40.4. The Bertz CT molecular complexity index is 96.7. The van der Waals surface area contributed by atoms with Crippen LogP contribution in [0.5, 0.6) is 0 Å². The SMILES string of the molecule is O=C([O-])OO.O=C([O-])OO.[Sr+2]. The second kappa shape index (κ2) is 12.6. The molecule has 0 aromatic rings. The third-order valence-corrected chi connectivity index (χ3v) is 0.149. The van der Waals surface area contributed by atoms with Gasteiger partial charge in [-0.1, -0.05) is 0 Å². The molecule has 0 unspecified atom stereocenters. The molecule has 0 aliphatic heterocycles. The Morgan fingerprint density at radius 3 is 1.09 bits per heavy atom. The molecule has 8 nitrogen and oxygen atoms in total. The van der Waals surface area contributed by atoms with Crippen molar-refractivity contribution in [2.75, 3.05) is 0 Å². The first-order chi connectivity index (χ1) is 4.54. The molecule has 60 valence electrons. The molecule has 0 atom stereocenters. The van der Waals surface area contributed by atoms with Crippen LogP contribution >= 0.6 is 0 Å². The molecule has 0 spiro atoms. The minimum atomic E-state index is -1.94. The second-order valence-electron chi connectivity index (χ2n) is 0.683. The molecule has 0 saturated carbocycles. The van der Waals surface area contributed by atoms with Crippen molar-refractivity contribution in [3.8, 4) is 0 Å². The molecule has 0 heterocycles. The van der Waals surface area contributed by atoms with Crippen LogP contribution in [0, 0.1) is 0 Å². The van der Waals surface area contributed by atoms with Crippen LogP contribution in [-0.4, -0.2) is 68.3 Å². The Balaban J connectivity index is -0.000000107. The van der Waals surface area contributed by atoms with Gasteiger partial charge in [-0.15, -0.1) is 0 Å². The Morgan fingerprint density at radius 2 is 1.09 bits per heavy atom. The van der Waals surface area contributed by atoms with Gasteiger partial charge in [0.25, 0.3) is 12.3 Å². The van der Waals surface area contributed by atoms with Gasteiger partial charge >= 0.3 is 45.5 Å². The van der Waals surface area contributed by atoms with E-state index in [0.29, 0.717) is 0 Å². The van der Waals surface area contributed by atoms with E-state index in [1.807, 2.05) is 0 Å². The van der Waals surface area contributed by atoms with Crippen molar-refractivity contribution in [1.29, 1.82) is 0 Å². The predicted molar refractivity (Wildman–Crippen MR) is 24.0 cm³/mol. The first kappa shape index (κ1) is 17.1. The second-order valence-corrected chi connectivity index (χ2v) is 0.683. The summed E-state index contributed by atoms with van der Waals surface area (Å²) < 4.78 is 0. The van der Waals surface area contributed by atoms with Crippen LogP contribution in [0.3, 0.4) is 0 Å². The summed E-state index contributed by atoms with van der Waals surface area (Å²) in [5.74, 6) is 0. The zero-order valence-electron chi connectivity index (χ0n) is 5.05. The molecule has 2 N–H and O–H groups in total. The smallest absolute Gasteiger partial charge is 0.424 e. The van der Waals surface area contributed by atoms with Crippen LogP contribution in [0.15, 0.2) is 0 Å². The van der Waals surface area contributed by atoms with Gasteiger partial charge in [0, 0.05) is 0 Å². The van der Waals surface area contributed by atoms with Crippen LogP contribution < -0.4 is 10.2 Å². The maximum absolute atomic E-state index is 8.78. The fraction of sp³-hybridized carbons (Fsp3) is 0. The Hall–Kier alpha value is -0.0595. The van der Waals surface area contributed by atoms with E-state index in [1.54, 1.807) is 0 Å². The summed E-state index contributed by atoms with van der Waals surface area (Å²) in [4.78, 5) is 22.7. The van der Waals surface area contributed by atoms with E-state index in [2.05, 4.69) is 9.78 Å². The maximum atomic E-state index is 8.78. The van der Waals surface area contributed by atoms with E-state index in [0.717, 1.165) is 0 Å². The topological polar surface area (TPSA) is 139 Å². The van der Waals surface area contributed by atoms with E-state index in [4.69, 9.17) is 30.3 Å². The largest absolute Gasteiger partial charge is 2.00 e. The summed E-state index contributed by atoms with van der Waals surface area (Å²) in [6.07, 6.45) is -3.88. The van der Waals surface area contributed by atoms with Gasteiger partial charge in [0.15, 0.2) is 0 Å². The summed E-state index contributed by atoms with van der Waals surface area (Å²) in [6, 6.07) is 0. The van der Waals surface area contributed by atoms with Crippen molar-refractivity contribution in [2.24, 2.45) is 0 Å². The minimum Gasteiger partial charge on any atom is -0.424 e. The van der Waals surface area contributed by atoms with E-state index < -0.39 is 12.3 Å². The van der Waals surface area contributed by atoms with Crippen molar-refractivity contribution in [3.63, 3.8) is 0 Å². The van der Waals surface area contributed by atoms with Crippen molar-refractivity contribution in [3.05, 3.63) is 0 Å². The molecular formula is C2H2O8Sr. The van der Waals surface area contributed by atoms with E-state index in [1.165, 1.54) is 0 Å². The Labute approximate surface area is 97.1 Å². The van der Waals surface area contributed by atoms with E-state index >= 15 is 0 Å². The monoisotopic (exact) mass is 242 g/mol. The van der Waals surface area contributed by atoms with Crippen molar-refractivity contribution in [2.45, 2.75) is 0 Å². The van der Waals surface area contributed by atoms with Crippen LogP contribution in [0.25, 0.3) is 0 Å². The molecule has 11 heavy (non-hydrogen) atoms. The summed E-state index contributed by atoms with van der Waals surface area (Å²) in [5.41, 5.74) is 0. The van der Waals surface area contributed by atoms with Gasteiger partial charge < -0.3 is 29.6 Å². The van der Waals surface area contributed by atoms with Crippen molar-refractivity contribution >= 4 is 57.8 Å². The molecular weight excluding hydrogens is 240 g/mol. The van der Waals surface area contributed by atoms with Crippen LogP contribution in [0.1, 0.15) is 0 Å². The molecule has 9 heteroatoms. The fourth-order valence-electron chi connectivity index (χ4n) is 0. The van der Waals surface area contributed by atoms with E-state index in [9.17, 15) is 0 Å². The molecule has 0 radical (unpaired) electrons. The molecule has 0 aliphatic rings. The van der Waals surface area contributed by atoms with Crippen molar-refractivity contribution in [1.82, 2.24) is 0 Å². The zero-order chi connectivity index (χ0) is 8.57. The average Bonchev–Trinajstić information content (AvgIpc) is 1.89. The molecule has 0 fully saturated rings. The van der Waals surface area contributed by atoms with Gasteiger partial charge in [-0.3, -0.25) is 10.5 Å². The van der Waals surface area contributed by atoms with Crippen LogP contribution in [-0.2, 0) is 9.78 Å². The first-order valence-corrected chi connectivity index (χ1v) is 1.59. The van der Waals surface area contributed by atoms with Gasteiger partial charge in [0.05, 0.1) is 0 Å². The standard InChI is InChI=1S/2CH2O4.Sr/c2*2-1(3)5-4;/h2*4H,(H,2,3);/q;;+2/p-2. The fourth-order valence-corrected chi connectivity index (χ4v) is 0. The normalized spacial score (nSPS) is 6.00. The van der Waals surface area contributed by atoms with Crippen LogP contribution in [0.2, 0.25) is 0 Å². The zero-order valence-corrected chi connectivity index (χ0v) is 8.53. The number of carboxylic acid groups (broad SMARTS) is 2. The van der Waals surface area contributed by atoms with Gasteiger partial charge in [-0.2, -0.15) is 0 Å². The number of hydrogen-bond donors (Lipinski definition) is 2. The Kier molecular flexibility index (Phi) is 19.6. The summed E-state index contributed by atoms with van der Waals surface area (Å²) in [6.45, 7) is 0. The van der Waals surface area contributed by atoms with Crippen LogP contribution in [0.4, 0.5) is 9.59 Å². The molecule has 0 amide bonds. The van der Waals surface area contributed by atoms with Gasteiger partial charge in [-0.05, 0) is 0 Å². The number of hydrogen-bond acceptors (Lipinski definition) is 8. The summed E-state index contributed by atoms with van der Waals surface area (Å²) >= 11 is 0. The number of carbonyl (C=O) groups excluding carboxylic acids is 2. The number of rotatable bonds is 0. The molecule has 0 aliphatic carbocycles. The molecule has 0 bridgehead atoms. The quantitative estimate of drug-likeness (QED) is 0.264. The third-order valence-electron chi connectivity index (χ3n) is 0.149. The van der Waals surface area contributed by atoms with Gasteiger partial charge in [0.2, 0.25) is 0 Å². The molecule has 0 aromatic carbocycles. The molecule has 0 aromatic heterocycles. The minimum absolute atomic E-state index is 0. The van der Waals surface area contributed by atoms with Gasteiger partial charge in [-0.25, -0.2) is 0 Å². The molecule has 0 rings (SSSR count). The van der Waals surface area contributed by atoms with Gasteiger partial charge in [0.1, 0.15) is 0 Å². The van der Waals surface area contributed by atoms with Crippen molar-refractivity contribution < 1.29 is 40.1 Å². The summed E-state index contributed by atoms with van der Waals surface area (Å²) in [7, 11) is 0. The maximum Gasteiger partial charge on any atom is 2.00 e. The predicted octanol–water partition coefficient (Wildman–Crippen LogP) is -2.74. The average molecular weight is 242 g/mol. The Morgan fingerprint density at radius 1 is 1.00 bits per heavy atom. The van der Waals surface area contributed by atoms with E-state index in [-0.39, 0.29) is 45.5 Å². The number of carbonyl (C=O) groups is 2. The first-order valence-electron chi connectivity index (χ1n) is 1.59.